The Morgan fingerprint density at radius 1 is 0.861 bits per heavy atom. The van der Waals surface area contributed by atoms with Crippen LogP contribution in [-0.4, -0.2) is 34.6 Å². The van der Waals surface area contributed by atoms with Gasteiger partial charge in [0.25, 0.3) is 0 Å². The molecule has 36 heavy (non-hydrogen) atoms. The first-order valence-corrected chi connectivity index (χ1v) is 11.6. The third-order valence-corrected chi connectivity index (χ3v) is 5.98. The summed E-state index contributed by atoms with van der Waals surface area (Å²) in [4.78, 5) is 17.8. The molecule has 0 N–H and O–H groups in total. The smallest absolute Gasteiger partial charge is 0.204 e. The van der Waals surface area contributed by atoms with Crippen LogP contribution < -0.4 is 9.47 Å². The standard InChI is InChI=1S/C29H22ClN3O3/c1-35-27-15-11-21(16-28(27)36-2)25-17-24(26(34)14-10-19-8-12-22(30)13-9-19)31-29-18-23(32-33(25)29)20-6-4-3-5-7-20/h3-18H,1-2H3/b14-10+. The van der Waals surface area contributed by atoms with Crippen molar-refractivity contribution in [3.63, 3.8) is 0 Å². The Morgan fingerprint density at radius 3 is 2.33 bits per heavy atom. The molecule has 5 rings (SSSR count). The fourth-order valence-electron chi connectivity index (χ4n) is 3.88. The van der Waals surface area contributed by atoms with Crippen molar-refractivity contribution in [1.82, 2.24) is 14.6 Å². The Hall–Kier alpha value is -4.42. The second-order valence-electron chi connectivity index (χ2n) is 8.01. The van der Waals surface area contributed by atoms with Gasteiger partial charge < -0.3 is 9.47 Å². The highest BCUT2D eigenvalue weighted by Gasteiger charge is 2.17. The highest BCUT2D eigenvalue weighted by atomic mass is 35.5. The lowest BCUT2D eigenvalue weighted by molar-refractivity contribution is 0.104. The van der Waals surface area contributed by atoms with E-state index in [0.29, 0.717) is 33.6 Å². The molecule has 0 unspecified atom stereocenters. The number of methoxy groups -OCH3 is 2. The third kappa shape index (κ3) is 4.72. The fourth-order valence-corrected chi connectivity index (χ4v) is 4.01. The van der Waals surface area contributed by atoms with Crippen LogP contribution in [0.15, 0.2) is 91.0 Å². The number of allylic oxidation sites excluding steroid dienone is 1. The summed E-state index contributed by atoms with van der Waals surface area (Å²) < 4.78 is 12.6. The number of rotatable bonds is 7. The number of ether oxygens (including phenoxy) is 2. The van der Waals surface area contributed by atoms with Gasteiger partial charge in [0.2, 0.25) is 5.78 Å². The van der Waals surface area contributed by atoms with Crippen LogP contribution >= 0.6 is 11.6 Å². The average Bonchev–Trinajstić information content (AvgIpc) is 3.36. The molecule has 0 atom stereocenters. The molecule has 7 heteroatoms. The Balaban J connectivity index is 1.63. The predicted octanol–water partition coefficient (Wildman–Crippen LogP) is 6.63. The molecule has 178 valence electrons. The van der Waals surface area contributed by atoms with Crippen molar-refractivity contribution in [1.29, 1.82) is 0 Å². The van der Waals surface area contributed by atoms with Crippen LogP contribution in [-0.2, 0) is 0 Å². The summed E-state index contributed by atoms with van der Waals surface area (Å²) in [6.07, 6.45) is 3.25. The summed E-state index contributed by atoms with van der Waals surface area (Å²) in [7, 11) is 3.17. The van der Waals surface area contributed by atoms with Crippen LogP contribution in [0.4, 0.5) is 0 Å². The number of nitrogens with zero attached hydrogens (tertiary/aromatic N) is 3. The van der Waals surface area contributed by atoms with Crippen LogP contribution in [0.5, 0.6) is 11.5 Å². The van der Waals surface area contributed by atoms with Gasteiger partial charge in [-0.15, -0.1) is 0 Å². The molecule has 2 aromatic heterocycles. The number of carbonyl (C=O) groups is 1. The first-order chi connectivity index (χ1) is 17.6. The SMILES string of the molecule is COc1ccc(-c2cc(C(=O)/C=C/c3ccc(Cl)cc3)nc3cc(-c4ccccc4)nn23)cc1OC. The maximum atomic E-state index is 13.2. The van der Waals surface area contributed by atoms with E-state index in [-0.39, 0.29) is 5.78 Å². The number of carbonyl (C=O) groups excluding carboxylic acids is 1. The second kappa shape index (κ2) is 10.1. The number of halogens is 1. The number of ketones is 1. The molecule has 0 aliphatic carbocycles. The van der Waals surface area contributed by atoms with Crippen LogP contribution in [0.1, 0.15) is 16.1 Å². The molecule has 3 aromatic carbocycles. The van der Waals surface area contributed by atoms with E-state index in [9.17, 15) is 4.79 Å². The van der Waals surface area contributed by atoms with Crippen molar-refractivity contribution in [3.8, 4) is 34.0 Å². The first-order valence-electron chi connectivity index (χ1n) is 11.2. The van der Waals surface area contributed by atoms with Gasteiger partial charge in [0, 0.05) is 22.2 Å². The summed E-state index contributed by atoms with van der Waals surface area (Å²) in [5.41, 5.74) is 4.94. The first kappa shape index (κ1) is 23.3. The van der Waals surface area contributed by atoms with Gasteiger partial charge in [0.1, 0.15) is 5.69 Å². The number of fused-ring (bicyclic) bond motifs is 1. The molecule has 0 spiro atoms. The highest BCUT2D eigenvalue weighted by Crippen LogP contribution is 2.33. The number of hydrogen-bond donors (Lipinski definition) is 0. The van der Waals surface area contributed by atoms with E-state index in [1.807, 2.05) is 66.7 Å². The predicted molar refractivity (Wildman–Crippen MR) is 142 cm³/mol. The van der Waals surface area contributed by atoms with Crippen molar-refractivity contribution in [2.45, 2.75) is 0 Å². The van der Waals surface area contributed by atoms with Gasteiger partial charge in [-0.05, 0) is 48.0 Å². The molecule has 0 amide bonds. The van der Waals surface area contributed by atoms with Gasteiger partial charge in [-0.25, -0.2) is 9.50 Å². The molecule has 0 saturated heterocycles. The summed E-state index contributed by atoms with van der Waals surface area (Å²) in [5.74, 6) is 0.960. The molecule has 0 aliphatic rings. The molecule has 6 nitrogen and oxygen atoms in total. The molecule has 0 fully saturated rings. The van der Waals surface area contributed by atoms with E-state index in [0.717, 1.165) is 22.4 Å². The minimum Gasteiger partial charge on any atom is -0.493 e. The minimum absolute atomic E-state index is 0.225. The molecule has 0 radical (unpaired) electrons. The summed E-state index contributed by atoms with van der Waals surface area (Å²) >= 11 is 5.96. The zero-order valence-corrected chi connectivity index (χ0v) is 20.4. The molecule has 0 aliphatic heterocycles. The van der Waals surface area contributed by atoms with Crippen LogP contribution in [0.2, 0.25) is 5.02 Å². The van der Waals surface area contributed by atoms with E-state index in [4.69, 9.17) is 26.2 Å². The van der Waals surface area contributed by atoms with E-state index < -0.39 is 0 Å². The molecular formula is C29H22ClN3O3. The van der Waals surface area contributed by atoms with Gasteiger partial charge in [0.05, 0.1) is 25.6 Å². The number of hydrogen-bond acceptors (Lipinski definition) is 5. The zero-order chi connectivity index (χ0) is 25.1. The van der Waals surface area contributed by atoms with E-state index in [1.165, 1.54) is 6.08 Å². The maximum absolute atomic E-state index is 13.2. The average molecular weight is 496 g/mol. The minimum atomic E-state index is -0.225. The van der Waals surface area contributed by atoms with E-state index in [2.05, 4.69) is 4.98 Å². The van der Waals surface area contributed by atoms with Gasteiger partial charge >= 0.3 is 0 Å². The lowest BCUT2D eigenvalue weighted by Gasteiger charge is -2.11. The van der Waals surface area contributed by atoms with Gasteiger partial charge in [-0.1, -0.05) is 60.1 Å². The normalized spacial score (nSPS) is 11.2. The Labute approximate surface area is 213 Å². The van der Waals surface area contributed by atoms with Gasteiger partial charge in [-0.3, -0.25) is 4.79 Å². The van der Waals surface area contributed by atoms with Crippen molar-refractivity contribution >= 4 is 29.1 Å². The molecule has 2 heterocycles. The summed E-state index contributed by atoms with van der Waals surface area (Å²) in [6, 6.07) is 26.3. The van der Waals surface area contributed by atoms with Crippen molar-refractivity contribution < 1.29 is 14.3 Å². The van der Waals surface area contributed by atoms with E-state index >= 15 is 0 Å². The van der Waals surface area contributed by atoms with Crippen molar-refractivity contribution in [3.05, 3.63) is 107 Å². The summed E-state index contributed by atoms with van der Waals surface area (Å²) in [6.45, 7) is 0. The number of benzene rings is 3. The monoisotopic (exact) mass is 495 g/mol. The summed E-state index contributed by atoms with van der Waals surface area (Å²) in [5, 5.41) is 5.44. The number of aromatic nitrogens is 3. The van der Waals surface area contributed by atoms with Crippen LogP contribution in [0, 0.1) is 0 Å². The molecule has 0 bridgehead atoms. The second-order valence-corrected chi connectivity index (χ2v) is 8.45. The lowest BCUT2D eigenvalue weighted by Crippen LogP contribution is -2.05. The zero-order valence-electron chi connectivity index (χ0n) is 19.7. The topological polar surface area (TPSA) is 65.7 Å². The Kier molecular flexibility index (Phi) is 6.52. The highest BCUT2D eigenvalue weighted by molar-refractivity contribution is 6.30. The molecular weight excluding hydrogens is 474 g/mol. The lowest BCUT2D eigenvalue weighted by atomic mass is 10.1. The van der Waals surface area contributed by atoms with Crippen LogP contribution in [0.25, 0.3) is 34.2 Å². The molecule has 0 saturated carbocycles. The van der Waals surface area contributed by atoms with Gasteiger partial charge in [0.15, 0.2) is 17.1 Å². The fraction of sp³-hybridized carbons (Fsp3) is 0.0690. The maximum Gasteiger partial charge on any atom is 0.204 e. The molecule has 5 aromatic rings. The van der Waals surface area contributed by atoms with Crippen LogP contribution in [0.3, 0.4) is 0 Å². The van der Waals surface area contributed by atoms with Crippen molar-refractivity contribution in [2.75, 3.05) is 14.2 Å². The van der Waals surface area contributed by atoms with Crippen molar-refractivity contribution in [2.24, 2.45) is 0 Å². The largest absolute Gasteiger partial charge is 0.493 e. The Bertz CT molecular complexity index is 1580. The van der Waals surface area contributed by atoms with Gasteiger partial charge in [-0.2, -0.15) is 5.10 Å². The Morgan fingerprint density at radius 2 is 1.61 bits per heavy atom. The quantitative estimate of drug-likeness (QED) is 0.187. The van der Waals surface area contributed by atoms with E-state index in [1.54, 1.807) is 43.0 Å². The third-order valence-electron chi connectivity index (χ3n) is 5.73.